The standard InChI is InChI=1S/C11H20IN3O2/c12-14-9-1-3-10(4-2-9)17-11(16)15-7-5-13-6-8-15/h9-10,13-14H,1-8H2. The van der Waals surface area contributed by atoms with Crippen molar-refractivity contribution in [2.75, 3.05) is 26.2 Å². The highest BCUT2D eigenvalue weighted by Crippen LogP contribution is 2.22. The van der Waals surface area contributed by atoms with Crippen molar-refractivity contribution in [3.05, 3.63) is 0 Å². The number of nitrogens with zero attached hydrogens (tertiary/aromatic N) is 1. The predicted molar refractivity (Wildman–Crippen MR) is 74.1 cm³/mol. The van der Waals surface area contributed by atoms with Gasteiger partial charge in [-0.3, -0.25) is 3.53 Å². The van der Waals surface area contributed by atoms with Gasteiger partial charge in [0.05, 0.1) is 0 Å². The Morgan fingerprint density at radius 3 is 2.47 bits per heavy atom. The van der Waals surface area contributed by atoms with E-state index in [9.17, 15) is 4.79 Å². The van der Waals surface area contributed by atoms with E-state index in [4.69, 9.17) is 4.74 Å². The van der Waals surface area contributed by atoms with E-state index in [0.29, 0.717) is 6.04 Å². The lowest BCUT2D eigenvalue weighted by Crippen LogP contribution is -2.47. The molecule has 1 amide bonds. The second kappa shape index (κ2) is 6.75. The molecule has 0 radical (unpaired) electrons. The molecule has 0 atom stereocenters. The summed E-state index contributed by atoms with van der Waals surface area (Å²) in [6, 6.07) is 0.588. The number of piperazine rings is 1. The van der Waals surface area contributed by atoms with E-state index in [-0.39, 0.29) is 12.2 Å². The number of carbonyl (C=O) groups excluding carboxylic acids is 1. The van der Waals surface area contributed by atoms with Gasteiger partial charge >= 0.3 is 6.09 Å². The zero-order valence-electron chi connectivity index (χ0n) is 9.95. The van der Waals surface area contributed by atoms with Crippen LogP contribution >= 0.6 is 22.9 Å². The Kier molecular flexibility index (Phi) is 5.30. The Labute approximate surface area is 116 Å². The molecule has 1 saturated carbocycles. The molecular formula is C11H20IN3O2. The molecule has 2 aliphatic rings. The number of hydrogen-bond donors (Lipinski definition) is 2. The second-order valence-corrected chi connectivity index (χ2v) is 5.33. The quantitative estimate of drug-likeness (QED) is 0.580. The Hall–Kier alpha value is -0.0800. The lowest BCUT2D eigenvalue weighted by Gasteiger charge is -2.31. The van der Waals surface area contributed by atoms with Crippen LogP contribution in [0.4, 0.5) is 4.79 Å². The van der Waals surface area contributed by atoms with Crippen LogP contribution in [0.2, 0.25) is 0 Å². The second-order valence-electron chi connectivity index (χ2n) is 4.70. The first-order valence-electron chi connectivity index (χ1n) is 6.32. The van der Waals surface area contributed by atoms with Gasteiger partial charge in [-0.1, -0.05) is 0 Å². The average molecular weight is 353 g/mol. The van der Waals surface area contributed by atoms with Crippen LogP contribution in [-0.2, 0) is 4.74 Å². The molecular weight excluding hydrogens is 333 g/mol. The van der Waals surface area contributed by atoms with Crippen molar-refractivity contribution in [2.24, 2.45) is 0 Å². The first-order chi connectivity index (χ1) is 8.29. The molecule has 1 saturated heterocycles. The summed E-state index contributed by atoms with van der Waals surface area (Å²) in [7, 11) is 0. The number of amides is 1. The van der Waals surface area contributed by atoms with Crippen molar-refractivity contribution in [3.63, 3.8) is 0 Å². The molecule has 1 heterocycles. The zero-order chi connectivity index (χ0) is 12.1. The van der Waals surface area contributed by atoms with Crippen LogP contribution in [0.25, 0.3) is 0 Å². The van der Waals surface area contributed by atoms with E-state index < -0.39 is 0 Å². The van der Waals surface area contributed by atoms with E-state index in [1.54, 1.807) is 4.90 Å². The van der Waals surface area contributed by atoms with E-state index in [2.05, 4.69) is 31.7 Å². The van der Waals surface area contributed by atoms with Crippen LogP contribution in [0.1, 0.15) is 25.7 Å². The maximum Gasteiger partial charge on any atom is 0.410 e. The van der Waals surface area contributed by atoms with Gasteiger partial charge in [-0.2, -0.15) is 0 Å². The monoisotopic (exact) mass is 353 g/mol. The molecule has 1 aliphatic carbocycles. The van der Waals surface area contributed by atoms with Crippen molar-refractivity contribution >= 4 is 29.0 Å². The van der Waals surface area contributed by atoms with E-state index >= 15 is 0 Å². The summed E-state index contributed by atoms with van der Waals surface area (Å²) < 4.78 is 8.80. The minimum Gasteiger partial charge on any atom is -0.446 e. The molecule has 1 aliphatic heterocycles. The molecule has 0 aromatic heterocycles. The molecule has 6 heteroatoms. The molecule has 2 rings (SSSR count). The number of nitrogens with one attached hydrogen (secondary N) is 2. The number of rotatable bonds is 2. The first kappa shape index (κ1) is 13.4. The molecule has 0 unspecified atom stereocenters. The van der Waals surface area contributed by atoms with Crippen LogP contribution in [0.5, 0.6) is 0 Å². The Balaban J connectivity index is 1.71. The summed E-state index contributed by atoms with van der Waals surface area (Å²) in [5, 5.41) is 3.23. The molecule has 98 valence electrons. The summed E-state index contributed by atoms with van der Waals surface area (Å²) >= 11 is 2.20. The van der Waals surface area contributed by atoms with Crippen LogP contribution in [0, 0.1) is 0 Å². The van der Waals surface area contributed by atoms with Crippen LogP contribution in [-0.4, -0.2) is 49.3 Å². The summed E-state index contributed by atoms with van der Waals surface area (Å²) in [5.41, 5.74) is 0. The van der Waals surface area contributed by atoms with Crippen LogP contribution in [0.3, 0.4) is 0 Å². The van der Waals surface area contributed by atoms with Crippen LogP contribution < -0.4 is 8.85 Å². The first-order valence-corrected chi connectivity index (χ1v) is 7.40. The molecule has 0 aromatic rings. The molecule has 2 N–H and O–H groups in total. The van der Waals surface area contributed by atoms with Gasteiger partial charge in [-0.15, -0.1) is 0 Å². The van der Waals surface area contributed by atoms with Gasteiger partial charge in [0.25, 0.3) is 0 Å². The summed E-state index contributed by atoms with van der Waals surface area (Å²) in [6.45, 7) is 3.29. The number of halogens is 1. The summed E-state index contributed by atoms with van der Waals surface area (Å²) in [6.07, 6.45) is 4.16. The van der Waals surface area contributed by atoms with E-state index in [1.807, 2.05) is 0 Å². The molecule has 5 nitrogen and oxygen atoms in total. The van der Waals surface area contributed by atoms with Crippen molar-refractivity contribution in [2.45, 2.75) is 37.8 Å². The minimum atomic E-state index is -0.127. The lowest BCUT2D eigenvalue weighted by molar-refractivity contribution is 0.0404. The van der Waals surface area contributed by atoms with Gasteiger partial charge in [-0.25, -0.2) is 4.79 Å². The third-order valence-electron chi connectivity index (χ3n) is 3.47. The summed E-state index contributed by atoms with van der Waals surface area (Å²) in [4.78, 5) is 13.7. The van der Waals surface area contributed by atoms with Gasteiger partial charge in [0, 0.05) is 55.1 Å². The fraction of sp³-hybridized carbons (Fsp3) is 0.909. The highest BCUT2D eigenvalue weighted by Gasteiger charge is 2.25. The van der Waals surface area contributed by atoms with Crippen molar-refractivity contribution < 1.29 is 9.53 Å². The summed E-state index contributed by atoms with van der Waals surface area (Å²) in [5.74, 6) is 0. The number of ether oxygens (including phenoxy) is 1. The zero-order valence-corrected chi connectivity index (χ0v) is 12.1. The molecule has 0 bridgehead atoms. The highest BCUT2D eigenvalue weighted by molar-refractivity contribution is 14.1. The molecule has 17 heavy (non-hydrogen) atoms. The average Bonchev–Trinajstić information content (AvgIpc) is 2.40. The minimum absolute atomic E-state index is 0.124. The molecule has 2 fully saturated rings. The fourth-order valence-electron chi connectivity index (χ4n) is 2.35. The normalized spacial score (nSPS) is 30.1. The number of carbonyl (C=O) groups is 1. The van der Waals surface area contributed by atoms with Gasteiger partial charge in [0.2, 0.25) is 0 Å². The third kappa shape index (κ3) is 3.96. The van der Waals surface area contributed by atoms with Gasteiger partial charge in [0.15, 0.2) is 0 Å². The Bertz CT molecular complexity index is 251. The maximum absolute atomic E-state index is 11.9. The van der Waals surface area contributed by atoms with Crippen molar-refractivity contribution in [1.82, 2.24) is 13.7 Å². The van der Waals surface area contributed by atoms with Gasteiger partial charge < -0.3 is 15.0 Å². The fourth-order valence-corrected chi connectivity index (χ4v) is 2.98. The maximum atomic E-state index is 11.9. The third-order valence-corrected chi connectivity index (χ3v) is 4.35. The largest absolute Gasteiger partial charge is 0.446 e. The van der Waals surface area contributed by atoms with Gasteiger partial charge in [-0.05, 0) is 25.7 Å². The van der Waals surface area contributed by atoms with E-state index in [1.165, 1.54) is 0 Å². The van der Waals surface area contributed by atoms with E-state index in [0.717, 1.165) is 51.9 Å². The number of hydrogen-bond acceptors (Lipinski definition) is 4. The predicted octanol–water partition coefficient (Wildman–Crippen LogP) is 1.28. The highest BCUT2D eigenvalue weighted by atomic mass is 127. The smallest absolute Gasteiger partial charge is 0.410 e. The molecule has 0 spiro atoms. The Morgan fingerprint density at radius 1 is 1.24 bits per heavy atom. The van der Waals surface area contributed by atoms with Crippen molar-refractivity contribution in [1.29, 1.82) is 0 Å². The van der Waals surface area contributed by atoms with Gasteiger partial charge in [0.1, 0.15) is 6.10 Å². The Morgan fingerprint density at radius 2 is 1.88 bits per heavy atom. The molecule has 0 aromatic carbocycles. The lowest BCUT2D eigenvalue weighted by atomic mass is 9.94. The topological polar surface area (TPSA) is 53.6 Å². The van der Waals surface area contributed by atoms with Crippen LogP contribution in [0.15, 0.2) is 0 Å². The SMILES string of the molecule is O=C(OC1CCC(NI)CC1)N1CCNCC1. The van der Waals surface area contributed by atoms with Crippen molar-refractivity contribution in [3.8, 4) is 0 Å².